The van der Waals surface area contributed by atoms with Crippen LogP contribution in [0.1, 0.15) is 4.88 Å². The van der Waals surface area contributed by atoms with Crippen molar-refractivity contribution >= 4 is 43.2 Å². The van der Waals surface area contributed by atoms with E-state index in [4.69, 9.17) is 4.74 Å². The molecule has 2 rings (SSSR count). The zero-order valence-corrected chi connectivity index (χ0v) is 14.4. The molecular weight excluding hydrogens is 390 g/mol. The van der Waals surface area contributed by atoms with Crippen LogP contribution in [0.5, 0.6) is 5.75 Å². The number of ether oxygens (including phenoxy) is 1. The lowest BCUT2D eigenvalue weighted by Gasteiger charge is -2.09. The molecule has 102 valence electrons. The van der Waals surface area contributed by atoms with Gasteiger partial charge in [0.1, 0.15) is 12.4 Å². The predicted molar refractivity (Wildman–Crippen MR) is 88.2 cm³/mol. The third-order valence-electron chi connectivity index (χ3n) is 2.56. The van der Waals surface area contributed by atoms with Crippen LogP contribution in [0.2, 0.25) is 0 Å². The van der Waals surface area contributed by atoms with Gasteiger partial charge < -0.3 is 10.1 Å². The van der Waals surface area contributed by atoms with Gasteiger partial charge in [0.05, 0.1) is 4.47 Å². The minimum atomic E-state index is 0.671. The van der Waals surface area contributed by atoms with Crippen molar-refractivity contribution in [3.63, 3.8) is 0 Å². The standard InChI is InChI=1S/C14H15Br2NOS/c15-11-3-4-14(13(16)10-11)18-8-7-17-6-5-12-2-1-9-19-12/h1-4,9-10,17H,5-8H2. The van der Waals surface area contributed by atoms with Crippen molar-refractivity contribution in [2.75, 3.05) is 19.7 Å². The van der Waals surface area contributed by atoms with Crippen molar-refractivity contribution in [2.45, 2.75) is 6.42 Å². The maximum atomic E-state index is 5.70. The van der Waals surface area contributed by atoms with Crippen LogP contribution in [0.3, 0.4) is 0 Å². The Morgan fingerprint density at radius 3 is 2.79 bits per heavy atom. The highest BCUT2D eigenvalue weighted by atomic mass is 79.9. The fourth-order valence-electron chi connectivity index (χ4n) is 1.62. The van der Waals surface area contributed by atoms with E-state index in [0.29, 0.717) is 6.61 Å². The summed E-state index contributed by atoms with van der Waals surface area (Å²) >= 11 is 8.71. The molecule has 0 bridgehead atoms. The van der Waals surface area contributed by atoms with E-state index < -0.39 is 0 Å². The molecule has 1 heterocycles. The Kier molecular flexibility index (Phi) is 6.37. The Hall–Kier alpha value is -0.360. The molecule has 0 aliphatic rings. The summed E-state index contributed by atoms with van der Waals surface area (Å²) in [6.45, 7) is 2.52. The van der Waals surface area contributed by atoms with E-state index in [2.05, 4.69) is 54.7 Å². The lowest BCUT2D eigenvalue weighted by molar-refractivity contribution is 0.312. The minimum absolute atomic E-state index is 0.671. The minimum Gasteiger partial charge on any atom is -0.491 e. The van der Waals surface area contributed by atoms with Crippen molar-refractivity contribution in [2.24, 2.45) is 0 Å². The van der Waals surface area contributed by atoms with Gasteiger partial charge in [-0.2, -0.15) is 0 Å². The molecule has 0 saturated heterocycles. The van der Waals surface area contributed by atoms with Crippen LogP contribution in [0.15, 0.2) is 44.7 Å². The first kappa shape index (κ1) is 15.0. The second-order valence-corrected chi connectivity index (χ2v) is 6.80. The van der Waals surface area contributed by atoms with E-state index in [-0.39, 0.29) is 0 Å². The Morgan fingerprint density at radius 1 is 1.16 bits per heavy atom. The van der Waals surface area contributed by atoms with Gasteiger partial charge >= 0.3 is 0 Å². The number of hydrogen-bond acceptors (Lipinski definition) is 3. The van der Waals surface area contributed by atoms with Gasteiger partial charge in [-0.15, -0.1) is 11.3 Å². The molecule has 0 amide bonds. The third kappa shape index (κ3) is 5.26. The molecule has 1 N–H and O–H groups in total. The quantitative estimate of drug-likeness (QED) is 0.686. The van der Waals surface area contributed by atoms with Crippen LogP contribution in [-0.4, -0.2) is 19.7 Å². The zero-order valence-electron chi connectivity index (χ0n) is 10.4. The SMILES string of the molecule is Brc1ccc(OCCNCCc2cccs2)c(Br)c1. The van der Waals surface area contributed by atoms with Crippen LogP contribution >= 0.6 is 43.2 Å². The molecule has 0 aliphatic heterocycles. The summed E-state index contributed by atoms with van der Waals surface area (Å²) in [6, 6.07) is 10.2. The summed E-state index contributed by atoms with van der Waals surface area (Å²) in [4.78, 5) is 1.42. The highest BCUT2D eigenvalue weighted by Crippen LogP contribution is 2.27. The maximum absolute atomic E-state index is 5.70. The first-order valence-electron chi connectivity index (χ1n) is 6.06. The second-order valence-electron chi connectivity index (χ2n) is 4.00. The zero-order chi connectivity index (χ0) is 13.5. The maximum Gasteiger partial charge on any atom is 0.133 e. The Labute approximate surface area is 134 Å². The second kappa shape index (κ2) is 8.04. The Bertz CT molecular complexity index is 502. The largest absolute Gasteiger partial charge is 0.491 e. The molecule has 0 spiro atoms. The molecule has 0 saturated carbocycles. The van der Waals surface area contributed by atoms with Crippen LogP contribution in [0, 0.1) is 0 Å². The van der Waals surface area contributed by atoms with E-state index in [1.807, 2.05) is 18.2 Å². The van der Waals surface area contributed by atoms with Gasteiger partial charge in [-0.25, -0.2) is 0 Å². The number of rotatable bonds is 7. The smallest absolute Gasteiger partial charge is 0.133 e. The van der Waals surface area contributed by atoms with Crippen LogP contribution in [0.25, 0.3) is 0 Å². The average Bonchev–Trinajstić information content (AvgIpc) is 2.89. The molecule has 0 radical (unpaired) electrons. The average molecular weight is 405 g/mol. The number of benzene rings is 1. The summed E-state index contributed by atoms with van der Waals surface area (Å²) in [5, 5.41) is 5.50. The van der Waals surface area contributed by atoms with Gasteiger partial charge in [0, 0.05) is 22.4 Å². The van der Waals surface area contributed by atoms with Crippen molar-refractivity contribution < 1.29 is 4.74 Å². The van der Waals surface area contributed by atoms with Crippen LogP contribution in [0.4, 0.5) is 0 Å². The van der Waals surface area contributed by atoms with Crippen LogP contribution in [-0.2, 0) is 6.42 Å². The highest BCUT2D eigenvalue weighted by molar-refractivity contribution is 9.11. The van der Waals surface area contributed by atoms with E-state index in [1.165, 1.54) is 4.88 Å². The van der Waals surface area contributed by atoms with E-state index in [9.17, 15) is 0 Å². The van der Waals surface area contributed by atoms with Gasteiger partial charge in [-0.05, 0) is 52.0 Å². The van der Waals surface area contributed by atoms with Crippen molar-refractivity contribution in [3.8, 4) is 5.75 Å². The van der Waals surface area contributed by atoms with Gasteiger partial charge in [0.15, 0.2) is 0 Å². The number of nitrogens with one attached hydrogen (secondary N) is 1. The topological polar surface area (TPSA) is 21.3 Å². The van der Waals surface area contributed by atoms with Crippen LogP contribution < -0.4 is 10.1 Å². The van der Waals surface area contributed by atoms with Gasteiger partial charge in [-0.3, -0.25) is 0 Å². The fourth-order valence-corrected chi connectivity index (χ4v) is 3.49. The Morgan fingerprint density at radius 2 is 2.05 bits per heavy atom. The predicted octanol–water partition coefficient (Wildman–Crippen LogP) is 4.48. The summed E-state index contributed by atoms with van der Waals surface area (Å²) in [5.74, 6) is 0.878. The molecule has 0 fully saturated rings. The lowest BCUT2D eigenvalue weighted by Crippen LogP contribution is -2.23. The third-order valence-corrected chi connectivity index (χ3v) is 4.61. The Balaban J connectivity index is 1.61. The van der Waals surface area contributed by atoms with E-state index >= 15 is 0 Å². The first-order valence-corrected chi connectivity index (χ1v) is 8.53. The van der Waals surface area contributed by atoms with Gasteiger partial charge in [0.2, 0.25) is 0 Å². The van der Waals surface area contributed by atoms with E-state index in [1.54, 1.807) is 11.3 Å². The number of hydrogen-bond donors (Lipinski definition) is 1. The van der Waals surface area contributed by atoms with Crippen molar-refractivity contribution in [1.29, 1.82) is 0 Å². The lowest BCUT2D eigenvalue weighted by atomic mass is 10.3. The summed E-state index contributed by atoms with van der Waals surface area (Å²) in [5.41, 5.74) is 0. The highest BCUT2D eigenvalue weighted by Gasteiger charge is 2.01. The van der Waals surface area contributed by atoms with E-state index in [0.717, 1.165) is 34.2 Å². The summed E-state index contributed by atoms with van der Waals surface area (Å²) in [7, 11) is 0. The monoisotopic (exact) mass is 403 g/mol. The van der Waals surface area contributed by atoms with Gasteiger partial charge in [0.25, 0.3) is 0 Å². The molecule has 1 aromatic heterocycles. The van der Waals surface area contributed by atoms with Crippen molar-refractivity contribution in [3.05, 3.63) is 49.5 Å². The van der Waals surface area contributed by atoms with Crippen molar-refractivity contribution in [1.82, 2.24) is 5.32 Å². The first-order chi connectivity index (χ1) is 9.25. The molecule has 2 aromatic rings. The number of halogens is 2. The molecule has 0 atom stereocenters. The molecule has 1 aromatic carbocycles. The normalized spacial score (nSPS) is 10.6. The molecule has 2 nitrogen and oxygen atoms in total. The number of thiophene rings is 1. The molecule has 0 aliphatic carbocycles. The fraction of sp³-hybridized carbons (Fsp3) is 0.286. The molecular formula is C14H15Br2NOS. The molecule has 19 heavy (non-hydrogen) atoms. The molecule has 5 heteroatoms. The molecule has 0 unspecified atom stereocenters. The summed E-state index contributed by atoms with van der Waals surface area (Å²) < 4.78 is 7.72. The summed E-state index contributed by atoms with van der Waals surface area (Å²) in [6.07, 6.45) is 1.08. The van der Waals surface area contributed by atoms with Gasteiger partial charge in [-0.1, -0.05) is 22.0 Å².